The van der Waals surface area contributed by atoms with Crippen LogP contribution in [0, 0.1) is 5.82 Å². The van der Waals surface area contributed by atoms with Gasteiger partial charge >= 0.3 is 5.97 Å². The monoisotopic (exact) mass is 234 g/mol. The van der Waals surface area contributed by atoms with E-state index in [1.807, 2.05) is 0 Å². The van der Waals surface area contributed by atoms with Crippen LogP contribution in [0.25, 0.3) is 11.3 Å². The maximum absolute atomic E-state index is 12.7. The Bertz CT molecular complexity index is 619. The molecule has 0 spiro atoms. The van der Waals surface area contributed by atoms with E-state index in [2.05, 4.69) is 10.2 Å². The summed E-state index contributed by atoms with van der Waals surface area (Å²) >= 11 is 0. The van der Waals surface area contributed by atoms with E-state index < -0.39 is 22.9 Å². The Labute approximate surface area is 94.5 Å². The van der Waals surface area contributed by atoms with Gasteiger partial charge in [0.05, 0.1) is 5.69 Å². The summed E-state index contributed by atoms with van der Waals surface area (Å²) in [6.45, 7) is 0. The number of benzene rings is 1. The lowest BCUT2D eigenvalue weighted by Gasteiger charge is -2.00. The molecular weight excluding hydrogens is 227 g/mol. The molecule has 0 saturated heterocycles. The summed E-state index contributed by atoms with van der Waals surface area (Å²) in [6, 6.07) is 6.49. The number of aromatic amines is 1. The number of nitrogens with one attached hydrogen (secondary N) is 1. The highest BCUT2D eigenvalue weighted by atomic mass is 19.1. The quantitative estimate of drug-likeness (QED) is 0.819. The number of hydrogen-bond acceptors (Lipinski definition) is 3. The number of carbonyl (C=O) groups is 1. The van der Waals surface area contributed by atoms with Gasteiger partial charge in [0.2, 0.25) is 0 Å². The lowest BCUT2D eigenvalue weighted by Crippen LogP contribution is -2.18. The van der Waals surface area contributed by atoms with Crippen molar-refractivity contribution in [2.45, 2.75) is 0 Å². The molecule has 2 aromatic rings. The standard InChI is InChI=1S/C11H7FN2O3/c12-7-3-1-6(2-4-7)9-5-8(11(16)17)10(15)14-13-9/h1-5H,(H,14,15)(H,16,17). The van der Waals surface area contributed by atoms with Gasteiger partial charge in [-0.15, -0.1) is 0 Å². The molecular formula is C11H7FN2O3. The topological polar surface area (TPSA) is 83.0 Å². The lowest BCUT2D eigenvalue weighted by atomic mass is 10.1. The van der Waals surface area contributed by atoms with Gasteiger partial charge in [-0.3, -0.25) is 4.79 Å². The van der Waals surface area contributed by atoms with Crippen LogP contribution < -0.4 is 5.56 Å². The van der Waals surface area contributed by atoms with Gasteiger partial charge in [-0.25, -0.2) is 14.3 Å². The van der Waals surface area contributed by atoms with Crippen LogP contribution in [0.4, 0.5) is 4.39 Å². The van der Waals surface area contributed by atoms with Crippen LogP contribution in [0.2, 0.25) is 0 Å². The molecule has 1 heterocycles. The molecule has 0 bridgehead atoms. The number of carboxylic acids is 1. The predicted octanol–water partition coefficient (Wildman–Crippen LogP) is 1.27. The van der Waals surface area contributed by atoms with E-state index in [0.717, 1.165) is 6.07 Å². The second-order valence-electron chi connectivity index (χ2n) is 3.31. The fourth-order valence-corrected chi connectivity index (χ4v) is 1.33. The van der Waals surface area contributed by atoms with Crippen molar-refractivity contribution < 1.29 is 14.3 Å². The third-order valence-corrected chi connectivity index (χ3v) is 2.17. The molecule has 86 valence electrons. The van der Waals surface area contributed by atoms with Crippen molar-refractivity contribution in [2.75, 3.05) is 0 Å². The highest BCUT2D eigenvalue weighted by molar-refractivity contribution is 5.88. The molecule has 0 aliphatic rings. The molecule has 1 aromatic heterocycles. The number of hydrogen-bond donors (Lipinski definition) is 2. The molecule has 0 fully saturated rings. The minimum atomic E-state index is -1.34. The molecule has 0 unspecified atom stereocenters. The average molecular weight is 234 g/mol. The molecule has 2 rings (SSSR count). The van der Waals surface area contributed by atoms with Crippen molar-refractivity contribution >= 4 is 5.97 Å². The van der Waals surface area contributed by atoms with E-state index in [9.17, 15) is 14.0 Å². The second kappa shape index (κ2) is 4.17. The van der Waals surface area contributed by atoms with Crippen molar-refractivity contribution in [3.05, 3.63) is 52.1 Å². The fourth-order valence-electron chi connectivity index (χ4n) is 1.33. The summed E-state index contributed by atoms with van der Waals surface area (Å²) in [5.74, 6) is -1.74. The maximum Gasteiger partial charge on any atom is 0.341 e. The van der Waals surface area contributed by atoms with Crippen LogP contribution >= 0.6 is 0 Å². The number of halogens is 1. The van der Waals surface area contributed by atoms with E-state index in [-0.39, 0.29) is 5.69 Å². The van der Waals surface area contributed by atoms with Crippen molar-refractivity contribution in [3.8, 4) is 11.3 Å². The maximum atomic E-state index is 12.7. The van der Waals surface area contributed by atoms with Gasteiger partial charge in [-0.1, -0.05) is 0 Å². The zero-order chi connectivity index (χ0) is 12.4. The largest absolute Gasteiger partial charge is 0.477 e. The number of carboxylic acid groups (broad SMARTS) is 1. The number of H-pyrrole nitrogens is 1. The lowest BCUT2D eigenvalue weighted by molar-refractivity contribution is 0.0694. The van der Waals surface area contributed by atoms with Crippen LogP contribution in [0.15, 0.2) is 35.1 Å². The summed E-state index contributed by atoms with van der Waals surface area (Å²) in [6.07, 6.45) is 0. The first-order chi connectivity index (χ1) is 8.08. The Hall–Kier alpha value is -2.50. The van der Waals surface area contributed by atoms with Gasteiger partial charge in [-0.05, 0) is 30.3 Å². The molecule has 0 radical (unpaired) electrons. The van der Waals surface area contributed by atoms with Gasteiger partial charge < -0.3 is 5.11 Å². The first-order valence-corrected chi connectivity index (χ1v) is 4.67. The summed E-state index contributed by atoms with van der Waals surface area (Å²) in [5, 5.41) is 14.6. The van der Waals surface area contributed by atoms with Gasteiger partial charge in [0.1, 0.15) is 11.4 Å². The Morgan fingerprint density at radius 2 is 1.94 bits per heavy atom. The first-order valence-electron chi connectivity index (χ1n) is 4.67. The highest BCUT2D eigenvalue weighted by Gasteiger charge is 2.11. The molecule has 0 aliphatic heterocycles. The highest BCUT2D eigenvalue weighted by Crippen LogP contribution is 2.16. The summed E-state index contributed by atoms with van der Waals surface area (Å²) in [5.41, 5.74) is -0.394. The van der Waals surface area contributed by atoms with Gasteiger partial charge in [-0.2, -0.15) is 5.10 Å². The molecule has 1 aromatic carbocycles. The first kappa shape index (κ1) is 11.0. The zero-order valence-electron chi connectivity index (χ0n) is 8.48. The molecule has 5 nitrogen and oxygen atoms in total. The molecule has 6 heteroatoms. The van der Waals surface area contributed by atoms with Gasteiger partial charge in [0.25, 0.3) is 5.56 Å². The number of rotatable bonds is 2. The Morgan fingerprint density at radius 3 is 2.53 bits per heavy atom. The van der Waals surface area contributed by atoms with Crippen molar-refractivity contribution in [1.82, 2.24) is 10.2 Å². The van der Waals surface area contributed by atoms with Crippen molar-refractivity contribution in [2.24, 2.45) is 0 Å². The smallest absolute Gasteiger partial charge is 0.341 e. The zero-order valence-corrected chi connectivity index (χ0v) is 8.48. The van der Waals surface area contributed by atoms with E-state index in [1.165, 1.54) is 24.3 Å². The summed E-state index contributed by atoms with van der Waals surface area (Å²) in [4.78, 5) is 21.9. The Balaban J connectivity index is 2.53. The van der Waals surface area contributed by atoms with Crippen LogP contribution in [-0.4, -0.2) is 21.3 Å². The van der Waals surface area contributed by atoms with E-state index in [1.54, 1.807) is 0 Å². The summed E-state index contributed by atoms with van der Waals surface area (Å²) < 4.78 is 12.7. The molecule has 0 aliphatic carbocycles. The Kier molecular flexibility index (Phi) is 2.70. The normalized spacial score (nSPS) is 10.2. The SMILES string of the molecule is O=C(O)c1cc(-c2ccc(F)cc2)n[nH]c1=O. The van der Waals surface area contributed by atoms with Crippen LogP contribution in [0.3, 0.4) is 0 Å². The van der Waals surface area contributed by atoms with E-state index >= 15 is 0 Å². The average Bonchev–Trinajstić information content (AvgIpc) is 2.30. The molecule has 0 atom stereocenters. The molecule has 0 amide bonds. The van der Waals surface area contributed by atoms with Gasteiger partial charge in [0, 0.05) is 5.56 Å². The van der Waals surface area contributed by atoms with E-state index in [0.29, 0.717) is 5.56 Å². The molecule has 2 N–H and O–H groups in total. The van der Waals surface area contributed by atoms with Gasteiger partial charge in [0.15, 0.2) is 0 Å². The predicted molar refractivity (Wildman–Crippen MR) is 57.2 cm³/mol. The number of nitrogens with zero attached hydrogens (tertiary/aromatic N) is 1. The third-order valence-electron chi connectivity index (χ3n) is 2.17. The minimum Gasteiger partial charge on any atom is -0.477 e. The summed E-state index contributed by atoms with van der Waals surface area (Å²) in [7, 11) is 0. The third kappa shape index (κ3) is 2.20. The Morgan fingerprint density at radius 1 is 1.29 bits per heavy atom. The fraction of sp³-hybridized carbons (Fsp3) is 0. The second-order valence-corrected chi connectivity index (χ2v) is 3.31. The van der Waals surface area contributed by atoms with Crippen LogP contribution in [-0.2, 0) is 0 Å². The minimum absolute atomic E-state index is 0.266. The molecule has 0 saturated carbocycles. The van der Waals surface area contributed by atoms with E-state index in [4.69, 9.17) is 5.11 Å². The van der Waals surface area contributed by atoms with Crippen LogP contribution in [0.5, 0.6) is 0 Å². The van der Waals surface area contributed by atoms with Crippen molar-refractivity contribution in [1.29, 1.82) is 0 Å². The molecule has 17 heavy (non-hydrogen) atoms. The number of aromatic nitrogens is 2. The number of aromatic carboxylic acids is 1. The van der Waals surface area contributed by atoms with Crippen molar-refractivity contribution in [3.63, 3.8) is 0 Å². The van der Waals surface area contributed by atoms with Crippen LogP contribution in [0.1, 0.15) is 10.4 Å².